The monoisotopic (exact) mass is 362 g/mol. The molecule has 3 atom stereocenters. The van der Waals surface area contributed by atoms with Crippen molar-refractivity contribution in [3.8, 4) is 0 Å². The number of rotatable bonds is 5. The van der Waals surface area contributed by atoms with Gasteiger partial charge in [0.25, 0.3) is 5.60 Å². The molecule has 1 N–H and O–H groups in total. The number of hydrogen-bond donors (Lipinski definition) is 1. The molecule has 24 heavy (non-hydrogen) atoms. The van der Waals surface area contributed by atoms with Gasteiger partial charge in [-0.05, 0) is 31.6 Å². The third-order valence-electron chi connectivity index (χ3n) is 4.30. The lowest BCUT2D eigenvalue weighted by Gasteiger charge is -2.36. The van der Waals surface area contributed by atoms with E-state index in [9.17, 15) is 36.2 Å². The number of ether oxygens (including phenoxy) is 1. The fraction of sp³-hybridized carbons (Fsp3) is 0.800. The Morgan fingerprint density at radius 1 is 1.21 bits per heavy atom. The number of esters is 1. The van der Waals surface area contributed by atoms with E-state index in [0.29, 0.717) is 19.3 Å². The average molecular weight is 362 g/mol. The Morgan fingerprint density at radius 3 is 2.04 bits per heavy atom. The molecule has 0 aliphatic heterocycles. The zero-order valence-electron chi connectivity index (χ0n) is 13.3. The summed E-state index contributed by atoms with van der Waals surface area (Å²) < 4.78 is 82.2. The predicted molar refractivity (Wildman–Crippen MR) is 72.9 cm³/mol. The minimum absolute atomic E-state index is 0.0888. The zero-order valence-corrected chi connectivity index (χ0v) is 13.3. The van der Waals surface area contributed by atoms with Crippen LogP contribution >= 0.6 is 0 Å². The Labute approximate surface area is 135 Å². The van der Waals surface area contributed by atoms with Gasteiger partial charge in [-0.25, -0.2) is 4.79 Å². The van der Waals surface area contributed by atoms with E-state index in [1.54, 1.807) is 6.92 Å². The van der Waals surface area contributed by atoms with Crippen molar-refractivity contribution in [1.82, 2.24) is 0 Å². The molecule has 1 saturated carbocycles. The van der Waals surface area contributed by atoms with Gasteiger partial charge in [0, 0.05) is 12.0 Å². The van der Waals surface area contributed by atoms with Crippen LogP contribution in [0.25, 0.3) is 0 Å². The van der Waals surface area contributed by atoms with E-state index in [-0.39, 0.29) is 11.5 Å². The highest BCUT2D eigenvalue weighted by Gasteiger charge is 2.71. The van der Waals surface area contributed by atoms with E-state index in [2.05, 4.69) is 6.58 Å². The summed E-state index contributed by atoms with van der Waals surface area (Å²) in [5.41, 5.74) is -5.08. The van der Waals surface area contributed by atoms with E-state index < -0.39 is 42.4 Å². The van der Waals surface area contributed by atoms with Crippen molar-refractivity contribution >= 4 is 5.97 Å². The molecule has 3 unspecified atom stereocenters. The summed E-state index contributed by atoms with van der Waals surface area (Å²) in [6.07, 6.45) is -14.1. The molecule has 1 aliphatic rings. The Bertz CT molecular complexity index is 469. The highest BCUT2D eigenvalue weighted by Crippen LogP contribution is 2.48. The highest BCUT2D eigenvalue weighted by atomic mass is 19.4. The number of aliphatic hydroxyl groups is 1. The molecule has 0 aromatic rings. The molecule has 0 bridgehead atoms. The third kappa shape index (κ3) is 4.43. The Kier molecular flexibility index (Phi) is 6.01. The van der Waals surface area contributed by atoms with Crippen LogP contribution in [0.15, 0.2) is 12.2 Å². The van der Waals surface area contributed by atoms with Crippen LogP contribution in [-0.4, -0.2) is 35.1 Å². The van der Waals surface area contributed by atoms with Crippen LogP contribution in [0.3, 0.4) is 0 Å². The van der Waals surface area contributed by atoms with Crippen LogP contribution in [0.2, 0.25) is 0 Å². The summed E-state index contributed by atoms with van der Waals surface area (Å²) in [6.45, 7) is 6.30. The first-order valence-electron chi connectivity index (χ1n) is 7.41. The summed E-state index contributed by atoms with van der Waals surface area (Å²) in [5.74, 6) is -1.67. The van der Waals surface area contributed by atoms with Crippen LogP contribution in [-0.2, 0) is 9.53 Å². The van der Waals surface area contributed by atoms with Crippen LogP contribution in [0, 0.1) is 11.8 Å². The standard InChI is InChI=1S/C15H20F6O3/c1-8(2)12(22)24-11(10-5-4-9(3)6-10)7-13(23,14(16,17)18)15(19,20)21/h9-11,23H,1,4-7H2,2-3H3. The molecule has 1 rings (SSSR count). The average Bonchev–Trinajstić information content (AvgIpc) is 2.81. The molecular weight excluding hydrogens is 342 g/mol. The molecule has 140 valence electrons. The quantitative estimate of drug-likeness (QED) is 0.454. The van der Waals surface area contributed by atoms with E-state index in [1.165, 1.54) is 6.92 Å². The van der Waals surface area contributed by atoms with E-state index in [0.717, 1.165) is 0 Å². The van der Waals surface area contributed by atoms with Crippen LogP contribution in [0.4, 0.5) is 26.3 Å². The smallest absolute Gasteiger partial charge is 0.426 e. The molecule has 0 amide bonds. The summed E-state index contributed by atoms with van der Waals surface area (Å²) in [4.78, 5) is 11.6. The molecule has 0 aromatic heterocycles. The van der Waals surface area contributed by atoms with Gasteiger partial charge in [-0.2, -0.15) is 26.3 Å². The predicted octanol–water partition coefficient (Wildman–Crippen LogP) is 4.16. The summed E-state index contributed by atoms with van der Waals surface area (Å²) in [6, 6.07) is 0. The van der Waals surface area contributed by atoms with Crippen molar-refractivity contribution in [3.05, 3.63) is 12.2 Å². The zero-order chi connectivity index (χ0) is 18.9. The Morgan fingerprint density at radius 2 is 1.71 bits per heavy atom. The number of alkyl halides is 6. The molecular formula is C15H20F6O3. The molecule has 1 fully saturated rings. The van der Waals surface area contributed by atoms with Crippen molar-refractivity contribution in [2.24, 2.45) is 11.8 Å². The molecule has 0 spiro atoms. The number of carbonyl (C=O) groups is 1. The number of carbonyl (C=O) groups excluding carboxylic acids is 1. The summed E-state index contributed by atoms with van der Waals surface area (Å²) >= 11 is 0. The fourth-order valence-corrected chi connectivity index (χ4v) is 2.81. The van der Waals surface area contributed by atoms with E-state index in [1.807, 2.05) is 0 Å². The van der Waals surface area contributed by atoms with Crippen LogP contribution in [0.1, 0.15) is 39.5 Å². The second kappa shape index (κ2) is 6.93. The van der Waals surface area contributed by atoms with Crippen molar-refractivity contribution in [2.45, 2.75) is 63.6 Å². The van der Waals surface area contributed by atoms with Crippen molar-refractivity contribution in [3.63, 3.8) is 0 Å². The lowest BCUT2D eigenvalue weighted by atomic mass is 9.87. The lowest BCUT2D eigenvalue weighted by Crippen LogP contribution is -2.59. The number of halogens is 6. The summed E-state index contributed by atoms with van der Waals surface area (Å²) in [7, 11) is 0. The van der Waals surface area contributed by atoms with Gasteiger partial charge in [-0.3, -0.25) is 0 Å². The van der Waals surface area contributed by atoms with Crippen LogP contribution < -0.4 is 0 Å². The maximum absolute atomic E-state index is 12.9. The summed E-state index contributed by atoms with van der Waals surface area (Å²) in [5, 5.41) is 9.37. The largest absolute Gasteiger partial charge is 0.459 e. The van der Waals surface area contributed by atoms with Crippen molar-refractivity contribution in [1.29, 1.82) is 0 Å². The minimum Gasteiger partial charge on any atom is -0.459 e. The molecule has 0 heterocycles. The molecule has 0 aromatic carbocycles. The molecule has 1 aliphatic carbocycles. The fourth-order valence-electron chi connectivity index (χ4n) is 2.81. The minimum atomic E-state index is -5.94. The van der Waals surface area contributed by atoms with Gasteiger partial charge in [0.2, 0.25) is 0 Å². The third-order valence-corrected chi connectivity index (χ3v) is 4.30. The van der Waals surface area contributed by atoms with E-state index in [4.69, 9.17) is 4.74 Å². The van der Waals surface area contributed by atoms with Gasteiger partial charge in [0.05, 0.1) is 0 Å². The topological polar surface area (TPSA) is 46.5 Å². The molecule has 9 heteroatoms. The van der Waals surface area contributed by atoms with Crippen molar-refractivity contribution < 1.29 is 41.0 Å². The lowest BCUT2D eigenvalue weighted by molar-refractivity contribution is -0.374. The number of hydrogen-bond acceptors (Lipinski definition) is 3. The first-order chi connectivity index (χ1) is 10.7. The van der Waals surface area contributed by atoms with Gasteiger partial charge in [0.15, 0.2) is 0 Å². The first kappa shape index (κ1) is 20.8. The van der Waals surface area contributed by atoms with Gasteiger partial charge in [0.1, 0.15) is 6.10 Å². The van der Waals surface area contributed by atoms with Gasteiger partial charge >= 0.3 is 18.3 Å². The van der Waals surface area contributed by atoms with Gasteiger partial charge in [-0.1, -0.05) is 19.9 Å². The first-order valence-corrected chi connectivity index (χ1v) is 7.41. The molecule has 0 saturated heterocycles. The second-order valence-corrected chi connectivity index (χ2v) is 6.46. The Balaban J connectivity index is 3.13. The molecule has 0 radical (unpaired) electrons. The molecule has 3 nitrogen and oxygen atoms in total. The highest BCUT2D eigenvalue weighted by molar-refractivity contribution is 5.87. The van der Waals surface area contributed by atoms with Crippen molar-refractivity contribution in [2.75, 3.05) is 0 Å². The van der Waals surface area contributed by atoms with Gasteiger partial charge < -0.3 is 9.84 Å². The van der Waals surface area contributed by atoms with E-state index >= 15 is 0 Å². The van der Waals surface area contributed by atoms with Crippen LogP contribution in [0.5, 0.6) is 0 Å². The maximum atomic E-state index is 12.9. The second-order valence-electron chi connectivity index (χ2n) is 6.46. The Hall–Kier alpha value is -1.25. The van der Waals surface area contributed by atoms with Gasteiger partial charge in [-0.15, -0.1) is 0 Å². The maximum Gasteiger partial charge on any atom is 0.426 e. The SMILES string of the molecule is C=C(C)C(=O)OC(CC(O)(C(F)(F)F)C(F)(F)F)C1CCC(C)C1. The normalized spacial score (nSPS) is 23.9.